The zero-order valence-corrected chi connectivity index (χ0v) is 7.84. The molecule has 1 heterocycles. The van der Waals surface area contributed by atoms with Crippen molar-refractivity contribution in [1.29, 1.82) is 0 Å². The number of carbonyl (C=O) groups is 1. The first-order valence-corrected chi connectivity index (χ1v) is 4.40. The second kappa shape index (κ2) is 3.53. The van der Waals surface area contributed by atoms with E-state index >= 15 is 0 Å². The Bertz CT molecular complexity index is 525. The first-order chi connectivity index (χ1) is 7.16. The maximum absolute atomic E-state index is 10.6. The van der Waals surface area contributed by atoms with Crippen molar-refractivity contribution in [3.05, 3.63) is 30.0 Å². The minimum atomic E-state index is -0.932. The topological polar surface area (TPSA) is 89.1 Å². The molecule has 0 unspecified atom stereocenters. The number of aliphatic carboxylic acids is 1. The van der Waals surface area contributed by atoms with Gasteiger partial charge in [-0.3, -0.25) is 4.79 Å². The number of carboxylic acids is 1. The van der Waals surface area contributed by atoms with Crippen LogP contribution in [-0.2, 0) is 11.2 Å². The number of para-hydroxylation sites is 1. The average Bonchev–Trinajstić information content (AvgIpc) is 2.16. The zero-order chi connectivity index (χ0) is 10.8. The average molecular weight is 203 g/mol. The highest BCUT2D eigenvalue weighted by Crippen LogP contribution is 2.16. The summed E-state index contributed by atoms with van der Waals surface area (Å²) in [6.45, 7) is 0. The second-order valence-corrected chi connectivity index (χ2v) is 3.12. The van der Waals surface area contributed by atoms with Crippen LogP contribution in [0, 0.1) is 0 Å². The molecule has 0 atom stereocenters. The molecule has 15 heavy (non-hydrogen) atoms. The lowest BCUT2D eigenvalue weighted by molar-refractivity contribution is -0.136. The molecule has 0 fully saturated rings. The van der Waals surface area contributed by atoms with Gasteiger partial charge in [-0.25, -0.2) is 9.97 Å². The van der Waals surface area contributed by atoms with Gasteiger partial charge in [-0.2, -0.15) is 0 Å². The van der Waals surface area contributed by atoms with Gasteiger partial charge in [0.25, 0.3) is 0 Å². The molecule has 0 aliphatic rings. The summed E-state index contributed by atoms with van der Waals surface area (Å²) in [5.41, 5.74) is 6.60. The number of fused-ring (bicyclic) bond motifs is 1. The van der Waals surface area contributed by atoms with Gasteiger partial charge in [-0.05, 0) is 6.07 Å². The van der Waals surface area contributed by atoms with Gasteiger partial charge in [0.15, 0.2) is 0 Å². The van der Waals surface area contributed by atoms with Crippen molar-refractivity contribution in [2.24, 2.45) is 0 Å². The molecule has 0 spiro atoms. The van der Waals surface area contributed by atoms with E-state index in [1.54, 1.807) is 12.1 Å². The van der Waals surface area contributed by atoms with Crippen molar-refractivity contribution < 1.29 is 9.90 Å². The normalized spacial score (nSPS) is 10.4. The molecule has 3 N–H and O–H groups in total. The first kappa shape index (κ1) is 9.39. The molecular formula is C10H9N3O2. The van der Waals surface area contributed by atoms with E-state index in [2.05, 4.69) is 9.97 Å². The van der Waals surface area contributed by atoms with Gasteiger partial charge in [0.05, 0.1) is 17.6 Å². The van der Waals surface area contributed by atoms with E-state index in [0.29, 0.717) is 11.2 Å². The van der Waals surface area contributed by atoms with E-state index in [9.17, 15) is 4.79 Å². The number of nitrogens with two attached hydrogens (primary N) is 1. The van der Waals surface area contributed by atoms with Crippen LogP contribution in [0.1, 0.15) is 5.69 Å². The van der Waals surface area contributed by atoms with Gasteiger partial charge in [-0.1, -0.05) is 18.2 Å². The first-order valence-electron chi connectivity index (χ1n) is 4.40. The zero-order valence-electron chi connectivity index (χ0n) is 7.84. The van der Waals surface area contributed by atoms with Crippen LogP contribution in [0.4, 0.5) is 5.95 Å². The Labute approximate surface area is 85.6 Å². The van der Waals surface area contributed by atoms with Crippen molar-refractivity contribution >= 4 is 22.8 Å². The summed E-state index contributed by atoms with van der Waals surface area (Å²) < 4.78 is 0. The third kappa shape index (κ3) is 1.85. The summed E-state index contributed by atoms with van der Waals surface area (Å²) in [6, 6.07) is 7.19. The molecule has 0 amide bonds. The molecule has 76 valence electrons. The van der Waals surface area contributed by atoms with Gasteiger partial charge in [0.2, 0.25) is 5.95 Å². The number of nitrogens with zero attached hydrogens (tertiary/aromatic N) is 2. The van der Waals surface area contributed by atoms with Gasteiger partial charge < -0.3 is 10.8 Å². The largest absolute Gasteiger partial charge is 0.481 e. The van der Waals surface area contributed by atoms with Crippen molar-refractivity contribution in [3.8, 4) is 0 Å². The maximum atomic E-state index is 10.6. The summed E-state index contributed by atoms with van der Waals surface area (Å²) in [4.78, 5) is 18.6. The van der Waals surface area contributed by atoms with Crippen LogP contribution in [0.3, 0.4) is 0 Å². The standard InChI is InChI=1S/C10H9N3O2/c11-10-12-7-4-2-1-3-6(7)8(13-10)5-9(14)15/h1-4H,5H2,(H,14,15)(H2,11,12,13). The Hall–Kier alpha value is -2.17. The fraction of sp³-hybridized carbons (Fsp3) is 0.100. The Morgan fingerprint density at radius 1 is 1.33 bits per heavy atom. The smallest absolute Gasteiger partial charge is 0.309 e. The van der Waals surface area contributed by atoms with E-state index in [-0.39, 0.29) is 12.4 Å². The fourth-order valence-electron chi connectivity index (χ4n) is 1.44. The molecule has 2 aromatic rings. The van der Waals surface area contributed by atoms with Crippen molar-refractivity contribution in [3.63, 3.8) is 0 Å². The number of carboxylic acid groups (broad SMARTS) is 1. The Morgan fingerprint density at radius 2 is 2.07 bits per heavy atom. The van der Waals surface area contributed by atoms with E-state index in [1.165, 1.54) is 0 Å². The van der Waals surface area contributed by atoms with Crippen LogP contribution in [-0.4, -0.2) is 21.0 Å². The van der Waals surface area contributed by atoms with Crippen LogP contribution in [0.25, 0.3) is 10.9 Å². The van der Waals surface area contributed by atoms with Gasteiger partial charge >= 0.3 is 5.97 Å². The monoisotopic (exact) mass is 203 g/mol. The molecule has 5 nitrogen and oxygen atoms in total. The molecule has 1 aromatic heterocycles. The number of aromatic nitrogens is 2. The number of anilines is 1. The number of hydrogen-bond acceptors (Lipinski definition) is 4. The second-order valence-electron chi connectivity index (χ2n) is 3.12. The highest BCUT2D eigenvalue weighted by atomic mass is 16.4. The third-order valence-electron chi connectivity index (χ3n) is 2.02. The molecule has 1 aromatic carbocycles. The number of nitrogen functional groups attached to an aromatic ring is 1. The molecule has 0 aliphatic heterocycles. The van der Waals surface area contributed by atoms with Gasteiger partial charge in [0, 0.05) is 5.39 Å². The van der Waals surface area contributed by atoms with Gasteiger partial charge in [-0.15, -0.1) is 0 Å². The van der Waals surface area contributed by atoms with Gasteiger partial charge in [0.1, 0.15) is 0 Å². The van der Waals surface area contributed by atoms with Crippen molar-refractivity contribution in [2.75, 3.05) is 5.73 Å². The quantitative estimate of drug-likeness (QED) is 0.754. The van der Waals surface area contributed by atoms with E-state index in [4.69, 9.17) is 10.8 Å². The van der Waals surface area contributed by atoms with Crippen molar-refractivity contribution in [2.45, 2.75) is 6.42 Å². The fourth-order valence-corrected chi connectivity index (χ4v) is 1.44. The predicted octanol–water partition coefficient (Wildman–Crippen LogP) is 0.839. The molecule has 0 aliphatic carbocycles. The summed E-state index contributed by atoms with van der Waals surface area (Å²) >= 11 is 0. The Balaban J connectivity index is 2.65. The molecule has 0 saturated heterocycles. The summed E-state index contributed by atoms with van der Waals surface area (Å²) in [5, 5.41) is 9.45. The minimum Gasteiger partial charge on any atom is -0.481 e. The lowest BCUT2D eigenvalue weighted by Crippen LogP contribution is -2.06. The third-order valence-corrected chi connectivity index (χ3v) is 2.02. The van der Waals surface area contributed by atoms with E-state index < -0.39 is 5.97 Å². The Morgan fingerprint density at radius 3 is 2.80 bits per heavy atom. The maximum Gasteiger partial charge on any atom is 0.309 e. The number of hydrogen-bond donors (Lipinski definition) is 2. The van der Waals surface area contributed by atoms with E-state index in [1.807, 2.05) is 12.1 Å². The minimum absolute atomic E-state index is 0.102. The van der Waals surface area contributed by atoms with E-state index in [0.717, 1.165) is 5.39 Å². The summed E-state index contributed by atoms with van der Waals surface area (Å²) in [7, 11) is 0. The van der Waals surface area contributed by atoms with Crippen LogP contribution >= 0.6 is 0 Å². The summed E-state index contributed by atoms with van der Waals surface area (Å²) in [5.74, 6) is -0.830. The van der Waals surface area contributed by atoms with Crippen LogP contribution in [0.2, 0.25) is 0 Å². The lowest BCUT2D eigenvalue weighted by atomic mass is 10.1. The SMILES string of the molecule is Nc1nc(CC(=O)O)c2ccccc2n1. The number of rotatable bonds is 2. The molecule has 5 heteroatoms. The highest BCUT2D eigenvalue weighted by Gasteiger charge is 2.08. The molecule has 0 radical (unpaired) electrons. The number of benzene rings is 1. The lowest BCUT2D eigenvalue weighted by Gasteiger charge is -2.03. The van der Waals surface area contributed by atoms with Crippen molar-refractivity contribution in [1.82, 2.24) is 9.97 Å². The highest BCUT2D eigenvalue weighted by molar-refractivity contribution is 5.85. The van der Waals surface area contributed by atoms with Crippen LogP contribution < -0.4 is 5.73 Å². The Kier molecular flexibility index (Phi) is 2.21. The molecular weight excluding hydrogens is 194 g/mol. The molecule has 0 bridgehead atoms. The van der Waals surface area contributed by atoms with Crippen LogP contribution in [0.5, 0.6) is 0 Å². The van der Waals surface area contributed by atoms with Crippen LogP contribution in [0.15, 0.2) is 24.3 Å². The summed E-state index contributed by atoms with van der Waals surface area (Å²) in [6.07, 6.45) is -0.146. The predicted molar refractivity (Wildman–Crippen MR) is 55.3 cm³/mol. The molecule has 2 rings (SSSR count). The molecule has 0 saturated carbocycles.